The highest BCUT2D eigenvalue weighted by molar-refractivity contribution is 5.82. The molecule has 8 nitrogen and oxygen atoms in total. The van der Waals surface area contributed by atoms with Crippen LogP contribution in [0.3, 0.4) is 0 Å². The van der Waals surface area contributed by atoms with Crippen molar-refractivity contribution in [2.75, 3.05) is 6.61 Å². The van der Waals surface area contributed by atoms with E-state index in [2.05, 4.69) is 48.5 Å². The first-order chi connectivity index (χ1) is 29.0. The lowest BCUT2D eigenvalue weighted by Crippen LogP contribution is -2.60. The molecule has 9 aliphatic rings. The Kier molecular flexibility index (Phi) is 16.1. The predicted molar refractivity (Wildman–Crippen MR) is 247 cm³/mol. The minimum absolute atomic E-state index is 0.0364. The predicted octanol–water partition coefficient (Wildman–Crippen LogP) is 12.9. The van der Waals surface area contributed by atoms with Gasteiger partial charge >= 0.3 is 17.9 Å². The van der Waals surface area contributed by atoms with Crippen LogP contribution in [0.25, 0.3) is 0 Å². The first kappa shape index (κ1) is 50.4. The number of aliphatic hydroxyl groups is 1. The molecule has 2 N–H and O–H groups in total. The van der Waals surface area contributed by atoms with Crippen LogP contribution in [-0.2, 0) is 28.6 Å². The second-order valence-corrected chi connectivity index (χ2v) is 23.6. The number of carbonyl (C=O) groups is 3. The van der Waals surface area contributed by atoms with Crippen LogP contribution >= 0.6 is 0 Å². The number of rotatable bonds is 12. The lowest BCUT2D eigenvalue weighted by Gasteiger charge is -2.61. The number of ether oxygens (including phenoxy) is 3. The lowest BCUT2D eigenvalue weighted by molar-refractivity contribution is -0.218. The van der Waals surface area contributed by atoms with Crippen molar-refractivity contribution in [3.63, 3.8) is 0 Å². The minimum Gasteiger partial charge on any atom is -0.508 e. The molecule has 10 rings (SSSR count). The maximum Gasteiger partial charge on any atom is 0.347 e. The van der Waals surface area contributed by atoms with Crippen molar-refractivity contribution in [3.8, 4) is 5.75 Å². The molecular weight excluding hydrogens is 777 g/mol. The maximum absolute atomic E-state index is 12.6. The molecule has 1 aromatic rings. The van der Waals surface area contributed by atoms with Crippen LogP contribution in [0.15, 0.2) is 24.3 Å². The van der Waals surface area contributed by atoms with Gasteiger partial charge < -0.3 is 24.4 Å². The fraction of sp³-hybridized carbons (Fsp3) is 0.833. The van der Waals surface area contributed by atoms with Crippen molar-refractivity contribution in [2.24, 2.45) is 57.2 Å². The zero-order valence-electron chi connectivity index (χ0n) is 41.2. The number of phenols is 1. The maximum atomic E-state index is 12.6. The summed E-state index contributed by atoms with van der Waals surface area (Å²) < 4.78 is 16.0. The zero-order valence-corrected chi connectivity index (χ0v) is 41.2. The average Bonchev–Trinajstić information content (AvgIpc) is 3.61. The summed E-state index contributed by atoms with van der Waals surface area (Å²) in [6.45, 7) is 25.7. The van der Waals surface area contributed by atoms with Gasteiger partial charge in [-0.05, 0) is 200 Å². The van der Waals surface area contributed by atoms with E-state index in [1.807, 2.05) is 32.9 Å². The van der Waals surface area contributed by atoms with Crippen LogP contribution in [0, 0.1) is 57.2 Å². The summed E-state index contributed by atoms with van der Waals surface area (Å²) in [6.07, 6.45) is 20.3. The molecule has 4 unspecified atom stereocenters. The molecule has 9 fully saturated rings. The Hall–Kier alpha value is -2.61. The number of aromatic hydroxyl groups is 1. The van der Waals surface area contributed by atoms with Gasteiger partial charge in [0.05, 0.1) is 23.0 Å². The smallest absolute Gasteiger partial charge is 0.347 e. The first-order valence-corrected chi connectivity index (χ1v) is 25.1. The molecule has 0 aromatic heterocycles. The Morgan fingerprint density at radius 3 is 1.71 bits per heavy atom. The van der Waals surface area contributed by atoms with Crippen LogP contribution in [0.4, 0.5) is 0 Å². The lowest BCUT2D eigenvalue weighted by atomic mass is 9.45. The molecule has 1 aliphatic heterocycles. The van der Waals surface area contributed by atoms with Crippen molar-refractivity contribution in [3.05, 3.63) is 29.8 Å². The number of hydrogen-bond donors (Lipinski definition) is 2. The molecular formula is C54H88O8. The topological polar surface area (TPSA) is 119 Å². The average molecular weight is 865 g/mol. The van der Waals surface area contributed by atoms with Gasteiger partial charge in [0.2, 0.25) is 6.10 Å². The van der Waals surface area contributed by atoms with Crippen molar-refractivity contribution in [2.45, 2.75) is 222 Å². The van der Waals surface area contributed by atoms with E-state index in [-0.39, 0.29) is 28.6 Å². The van der Waals surface area contributed by atoms with E-state index < -0.39 is 17.5 Å². The highest BCUT2D eigenvalue weighted by atomic mass is 16.6. The van der Waals surface area contributed by atoms with Crippen LogP contribution in [0.5, 0.6) is 5.75 Å². The van der Waals surface area contributed by atoms with Gasteiger partial charge in [-0.3, -0.25) is 9.59 Å². The summed E-state index contributed by atoms with van der Waals surface area (Å²) >= 11 is 0. The second kappa shape index (κ2) is 19.9. The third-order valence-electron chi connectivity index (χ3n) is 17.4. The number of carbonyl (C=O) groups excluding carboxylic acids is 3. The Morgan fingerprint density at radius 1 is 0.758 bits per heavy atom. The SMILES string of the molecule is CCC(C)(C)C(=O)OC1(CC)C2CC3CC(C2)CC1C3.CCC(C)(C)C(=O)OC1CCOC1=O.CCC(C)(C)CC12CC3CC(CC(O)(C3)C1)C2.CCC(C)c1ccc(O)cc1. The summed E-state index contributed by atoms with van der Waals surface area (Å²) in [5.74, 6) is 5.03. The highest BCUT2D eigenvalue weighted by Crippen LogP contribution is 2.65. The fourth-order valence-corrected chi connectivity index (χ4v) is 13.1. The Morgan fingerprint density at radius 2 is 1.27 bits per heavy atom. The minimum atomic E-state index is -0.687. The van der Waals surface area contributed by atoms with Crippen molar-refractivity contribution in [1.29, 1.82) is 0 Å². The van der Waals surface area contributed by atoms with Gasteiger partial charge in [-0.15, -0.1) is 0 Å². The van der Waals surface area contributed by atoms with Crippen molar-refractivity contribution in [1.82, 2.24) is 0 Å². The van der Waals surface area contributed by atoms with Gasteiger partial charge in [-0.25, -0.2) is 4.79 Å². The van der Waals surface area contributed by atoms with E-state index in [0.717, 1.165) is 62.2 Å². The summed E-state index contributed by atoms with van der Waals surface area (Å²) in [4.78, 5) is 35.2. The molecule has 1 aromatic carbocycles. The number of hydrogen-bond acceptors (Lipinski definition) is 8. The molecule has 8 heteroatoms. The molecule has 352 valence electrons. The summed E-state index contributed by atoms with van der Waals surface area (Å²) in [6, 6.07) is 7.43. The van der Waals surface area contributed by atoms with Crippen LogP contribution in [0.2, 0.25) is 0 Å². The molecule has 8 saturated carbocycles. The van der Waals surface area contributed by atoms with E-state index in [4.69, 9.17) is 19.3 Å². The normalized spacial score (nSPS) is 34.4. The summed E-state index contributed by atoms with van der Waals surface area (Å²) in [5, 5.41) is 19.7. The number of esters is 3. The van der Waals surface area contributed by atoms with Crippen molar-refractivity contribution >= 4 is 17.9 Å². The molecule has 4 atom stereocenters. The highest BCUT2D eigenvalue weighted by Gasteiger charge is 2.60. The van der Waals surface area contributed by atoms with Gasteiger partial charge in [0.1, 0.15) is 11.4 Å². The Labute approximate surface area is 376 Å². The number of benzene rings is 1. The van der Waals surface area contributed by atoms with Crippen LogP contribution in [-0.4, -0.2) is 52.0 Å². The summed E-state index contributed by atoms with van der Waals surface area (Å²) in [7, 11) is 0. The van der Waals surface area contributed by atoms with Gasteiger partial charge in [0.15, 0.2) is 0 Å². The molecule has 0 spiro atoms. The monoisotopic (exact) mass is 865 g/mol. The van der Waals surface area contributed by atoms with E-state index in [0.29, 0.717) is 53.8 Å². The molecule has 62 heavy (non-hydrogen) atoms. The first-order valence-electron chi connectivity index (χ1n) is 25.1. The van der Waals surface area contributed by atoms with E-state index >= 15 is 0 Å². The standard InChI is InChI=1S/C18H30O2.C16H28O.C10H16O4.C10H14O/c1-5-17(3,4)16(19)20-18(6-2)14-8-12-7-13(10-14)11-15(18)9-12;1-4-14(2,3)10-15-6-12-5-13(7-15)9-16(17,8-12)11-15;1-4-10(2,3)9(12)14-7-5-6-13-8(7)11;1-3-8(2)9-4-6-10(11)7-5-9/h12-15H,5-11H2,1-4H3;12-13,17H,4-11H2,1-3H3;7H,4-6H2,1-3H3;4-8,11H,3H2,1-2H3. The Bertz CT molecular complexity index is 1610. The van der Waals surface area contributed by atoms with Crippen LogP contribution in [0.1, 0.15) is 210 Å². The van der Waals surface area contributed by atoms with Crippen LogP contribution < -0.4 is 0 Å². The molecule has 0 amide bonds. The molecule has 1 heterocycles. The largest absolute Gasteiger partial charge is 0.508 e. The van der Waals surface area contributed by atoms with Crippen molar-refractivity contribution < 1.29 is 38.8 Å². The molecule has 1 saturated heterocycles. The van der Waals surface area contributed by atoms with E-state index in [1.165, 1.54) is 69.8 Å². The fourth-order valence-electron chi connectivity index (χ4n) is 13.1. The van der Waals surface area contributed by atoms with Gasteiger partial charge in [-0.2, -0.15) is 0 Å². The quantitative estimate of drug-likeness (QED) is 0.157. The second-order valence-electron chi connectivity index (χ2n) is 23.6. The number of phenolic OH excluding ortho intramolecular Hbond substituents is 1. The van der Waals surface area contributed by atoms with Gasteiger partial charge in [-0.1, -0.05) is 73.9 Å². The molecule has 8 aliphatic carbocycles. The third-order valence-corrected chi connectivity index (χ3v) is 17.4. The molecule has 0 radical (unpaired) electrons. The molecule has 8 bridgehead atoms. The van der Waals surface area contributed by atoms with E-state index in [9.17, 15) is 19.5 Å². The zero-order chi connectivity index (χ0) is 45.9. The Balaban J connectivity index is 0.000000160. The van der Waals surface area contributed by atoms with Gasteiger partial charge in [0, 0.05) is 6.42 Å². The third kappa shape index (κ3) is 11.8. The van der Waals surface area contributed by atoms with Gasteiger partial charge in [0.25, 0.3) is 0 Å². The number of cyclic esters (lactones) is 1. The summed E-state index contributed by atoms with van der Waals surface area (Å²) in [5.41, 5.74) is 0.996. The van der Waals surface area contributed by atoms with E-state index in [1.54, 1.807) is 26.0 Å².